The fourth-order valence-electron chi connectivity index (χ4n) is 2.74. The first-order valence-corrected chi connectivity index (χ1v) is 7.78. The summed E-state index contributed by atoms with van der Waals surface area (Å²) in [7, 11) is -0.675. The number of rotatable bonds is 2. The van der Waals surface area contributed by atoms with E-state index in [1.165, 1.54) is 0 Å². The molecule has 0 radical (unpaired) electrons. The summed E-state index contributed by atoms with van der Waals surface area (Å²) in [5.41, 5.74) is 0.108. The zero-order chi connectivity index (χ0) is 16.0. The van der Waals surface area contributed by atoms with Gasteiger partial charge in [0.2, 0.25) is 0 Å². The van der Waals surface area contributed by atoms with Crippen LogP contribution in [-0.2, 0) is 14.0 Å². The van der Waals surface area contributed by atoms with Crippen LogP contribution in [0.3, 0.4) is 0 Å². The smallest absolute Gasteiger partial charge is 0.399 e. The van der Waals surface area contributed by atoms with E-state index in [9.17, 15) is 4.39 Å². The van der Waals surface area contributed by atoms with Crippen molar-refractivity contribution in [2.24, 2.45) is 0 Å². The summed E-state index contributed by atoms with van der Waals surface area (Å²) in [4.78, 5) is 2.01. The van der Waals surface area contributed by atoms with Crippen LogP contribution in [0.4, 0.5) is 10.1 Å². The Labute approximate surface area is 131 Å². The van der Waals surface area contributed by atoms with Crippen LogP contribution >= 0.6 is 0 Å². The summed E-state index contributed by atoms with van der Waals surface area (Å²) in [6.07, 6.45) is 0. The van der Waals surface area contributed by atoms with Crippen LogP contribution in [0.15, 0.2) is 18.2 Å². The van der Waals surface area contributed by atoms with Crippen LogP contribution in [-0.4, -0.2) is 44.6 Å². The topological polar surface area (TPSA) is 30.9 Å². The number of anilines is 1. The minimum atomic E-state index is -0.675. The van der Waals surface area contributed by atoms with E-state index in [0.29, 0.717) is 37.5 Å². The largest absolute Gasteiger partial charge is 0.497 e. The Hall–Kier alpha value is -1.11. The van der Waals surface area contributed by atoms with Gasteiger partial charge in [0.15, 0.2) is 0 Å². The molecule has 0 aromatic heterocycles. The van der Waals surface area contributed by atoms with Gasteiger partial charge in [0, 0.05) is 18.6 Å². The maximum atomic E-state index is 15.0. The summed E-state index contributed by atoms with van der Waals surface area (Å²) < 4.78 is 32.2. The fraction of sp³-hybridized carbons (Fsp3) is 0.625. The second-order valence-electron chi connectivity index (χ2n) is 6.87. The first kappa shape index (κ1) is 15.8. The van der Waals surface area contributed by atoms with E-state index < -0.39 is 18.3 Å². The molecule has 2 saturated heterocycles. The van der Waals surface area contributed by atoms with E-state index in [-0.39, 0.29) is 5.82 Å². The van der Waals surface area contributed by atoms with Gasteiger partial charge in [0.05, 0.1) is 30.1 Å². The van der Waals surface area contributed by atoms with Gasteiger partial charge in [-0.15, -0.1) is 0 Å². The summed E-state index contributed by atoms with van der Waals surface area (Å²) in [6, 6.07) is 5.39. The molecule has 2 aliphatic rings. The van der Waals surface area contributed by atoms with E-state index >= 15 is 0 Å². The van der Waals surface area contributed by atoms with Gasteiger partial charge in [-0.05, 0) is 33.8 Å². The van der Waals surface area contributed by atoms with Crippen molar-refractivity contribution in [2.75, 3.05) is 31.2 Å². The monoisotopic (exact) mass is 307 g/mol. The molecule has 0 N–H and O–H groups in total. The van der Waals surface area contributed by atoms with Gasteiger partial charge >= 0.3 is 7.12 Å². The molecule has 0 spiro atoms. The average Bonchev–Trinajstić information content (AvgIpc) is 2.68. The van der Waals surface area contributed by atoms with E-state index in [0.717, 1.165) is 0 Å². The number of benzene rings is 1. The molecule has 2 aliphatic heterocycles. The van der Waals surface area contributed by atoms with Crippen LogP contribution in [0, 0.1) is 5.82 Å². The highest BCUT2D eigenvalue weighted by Gasteiger charge is 2.52. The van der Waals surface area contributed by atoms with Gasteiger partial charge in [0.25, 0.3) is 0 Å². The second-order valence-corrected chi connectivity index (χ2v) is 6.87. The van der Waals surface area contributed by atoms with Crippen molar-refractivity contribution in [2.45, 2.75) is 38.9 Å². The zero-order valence-electron chi connectivity index (χ0n) is 13.7. The van der Waals surface area contributed by atoms with Crippen molar-refractivity contribution in [3.63, 3.8) is 0 Å². The Kier molecular flexibility index (Phi) is 3.95. The zero-order valence-corrected chi connectivity index (χ0v) is 13.7. The molecule has 0 saturated carbocycles. The molecule has 0 atom stereocenters. The van der Waals surface area contributed by atoms with Gasteiger partial charge < -0.3 is 18.9 Å². The van der Waals surface area contributed by atoms with Gasteiger partial charge in [-0.3, -0.25) is 0 Å². The Morgan fingerprint density at radius 2 is 1.64 bits per heavy atom. The van der Waals surface area contributed by atoms with Crippen molar-refractivity contribution in [1.29, 1.82) is 0 Å². The van der Waals surface area contributed by atoms with E-state index in [1.54, 1.807) is 12.1 Å². The molecule has 2 fully saturated rings. The highest BCUT2D eigenvalue weighted by molar-refractivity contribution is 6.62. The van der Waals surface area contributed by atoms with Crippen LogP contribution in [0.5, 0.6) is 0 Å². The highest BCUT2D eigenvalue weighted by Crippen LogP contribution is 2.37. The molecule has 0 unspecified atom stereocenters. The van der Waals surface area contributed by atoms with E-state index in [4.69, 9.17) is 14.0 Å². The molecule has 3 rings (SSSR count). The van der Waals surface area contributed by atoms with Gasteiger partial charge in [0.1, 0.15) is 5.82 Å². The Morgan fingerprint density at radius 1 is 1.05 bits per heavy atom. The van der Waals surface area contributed by atoms with Crippen LogP contribution in [0.1, 0.15) is 27.7 Å². The molecular weight excluding hydrogens is 284 g/mol. The van der Waals surface area contributed by atoms with E-state index in [1.807, 2.05) is 38.7 Å². The molecule has 120 valence electrons. The molecule has 0 amide bonds. The van der Waals surface area contributed by atoms with Crippen LogP contribution in [0.25, 0.3) is 0 Å². The van der Waals surface area contributed by atoms with Crippen molar-refractivity contribution in [3.05, 3.63) is 24.0 Å². The lowest BCUT2D eigenvalue weighted by Crippen LogP contribution is -2.41. The third-order valence-electron chi connectivity index (χ3n) is 4.87. The molecular formula is C16H23BFNO3. The Balaban J connectivity index is 1.89. The molecule has 2 heterocycles. The summed E-state index contributed by atoms with van der Waals surface area (Å²) in [5, 5.41) is 0. The minimum Gasteiger partial charge on any atom is -0.399 e. The Bertz CT molecular complexity index is 542. The predicted octanol–water partition coefficient (Wildman–Crippen LogP) is 1.96. The van der Waals surface area contributed by atoms with Gasteiger partial charge in [-0.25, -0.2) is 4.39 Å². The highest BCUT2D eigenvalue weighted by atomic mass is 19.1. The van der Waals surface area contributed by atoms with Crippen LogP contribution < -0.4 is 10.4 Å². The summed E-state index contributed by atoms with van der Waals surface area (Å²) in [6.45, 7) is 10.5. The third-order valence-corrected chi connectivity index (χ3v) is 4.87. The molecule has 1 aromatic rings. The number of morpholine rings is 1. The van der Waals surface area contributed by atoms with E-state index in [2.05, 4.69) is 0 Å². The first-order valence-electron chi connectivity index (χ1n) is 7.78. The lowest BCUT2D eigenvalue weighted by Gasteiger charge is -2.32. The molecule has 0 bridgehead atoms. The molecule has 4 nitrogen and oxygen atoms in total. The molecule has 0 aliphatic carbocycles. The van der Waals surface area contributed by atoms with Crippen LogP contribution in [0.2, 0.25) is 0 Å². The first-order chi connectivity index (χ1) is 10.3. The lowest BCUT2D eigenvalue weighted by atomic mass is 9.78. The Morgan fingerprint density at radius 3 is 2.23 bits per heavy atom. The average molecular weight is 307 g/mol. The number of hydrogen-bond acceptors (Lipinski definition) is 4. The molecule has 1 aromatic carbocycles. The number of hydrogen-bond donors (Lipinski definition) is 0. The minimum absolute atomic E-state index is 0.261. The SMILES string of the molecule is CC1(C)OB(c2cccc(N3CCOCC3)c2F)OC1(C)C. The van der Waals surface area contributed by atoms with Crippen molar-refractivity contribution < 1.29 is 18.4 Å². The fourth-order valence-corrected chi connectivity index (χ4v) is 2.74. The summed E-state index contributed by atoms with van der Waals surface area (Å²) >= 11 is 0. The molecule has 6 heteroatoms. The van der Waals surface area contributed by atoms with Crippen molar-refractivity contribution in [3.8, 4) is 0 Å². The molecule has 22 heavy (non-hydrogen) atoms. The van der Waals surface area contributed by atoms with Gasteiger partial charge in [-0.2, -0.15) is 0 Å². The maximum absolute atomic E-state index is 15.0. The number of halogens is 1. The number of ether oxygens (including phenoxy) is 1. The van der Waals surface area contributed by atoms with Gasteiger partial charge in [-0.1, -0.05) is 12.1 Å². The standard InChI is InChI=1S/C16H23BFNO3/c1-15(2)16(3,4)22-17(21-15)12-6-5-7-13(14(12)18)19-8-10-20-11-9-19/h5-7H,8-11H2,1-4H3. The summed E-state index contributed by atoms with van der Waals surface area (Å²) in [5.74, 6) is -0.261. The normalized spacial score (nSPS) is 23.9. The lowest BCUT2D eigenvalue weighted by molar-refractivity contribution is 0.00578. The maximum Gasteiger partial charge on any atom is 0.497 e. The second kappa shape index (κ2) is 5.51. The number of nitrogens with zero attached hydrogens (tertiary/aromatic N) is 1. The third kappa shape index (κ3) is 2.64. The predicted molar refractivity (Wildman–Crippen MR) is 85.1 cm³/mol. The van der Waals surface area contributed by atoms with Crippen molar-refractivity contribution in [1.82, 2.24) is 0 Å². The quantitative estimate of drug-likeness (QED) is 0.782. The van der Waals surface area contributed by atoms with Crippen molar-refractivity contribution >= 4 is 18.3 Å².